The molecular weight excluding hydrogens is 450 g/mol. The molecule has 4 rings (SSSR count). The van der Waals surface area contributed by atoms with Gasteiger partial charge in [0.15, 0.2) is 0 Å². The Bertz CT molecular complexity index is 927. The molecule has 2 aromatic rings. The quantitative estimate of drug-likeness (QED) is 0.513. The van der Waals surface area contributed by atoms with Gasteiger partial charge in [-0.15, -0.1) is 12.4 Å². The van der Waals surface area contributed by atoms with E-state index in [4.69, 9.17) is 4.74 Å². The van der Waals surface area contributed by atoms with Crippen LogP contribution in [-0.4, -0.2) is 85.2 Å². The molecule has 188 valence electrons. The summed E-state index contributed by atoms with van der Waals surface area (Å²) < 4.78 is 5.48. The molecule has 2 fully saturated rings. The molecule has 0 bridgehead atoms. The van der Waals surface area contributed by atoms with Crippen LogP contribution in [0.2, 0.25) is 0 Å². The summed E-state index contributed by atoms with van der Waals surface area (Å²) in [4.78, 5) is 23.7. The Morgan fingerprint density at radius 2 is 1.71 bits per heavy atom. The van der Waals surface area contributed by atoms with Crippen LogP contribution >= 0.6 is 12.4 Å². The number of fused-ring (bicyclic) bond motifs is 1. The molecular formula is C26H40ClN5O2. The zero-order chi connectivity index (χ0) is 23.0. The second kappa shape index (κ2) is 13.0. The summed E-state index contributed by atoms with van der Waals surface area (Å²) in [5.41, 5.74) is 3.27. The van der Waals surface area contributed by atoms with Crippen LogP contribution in [0.1, 0.15) is 44.1 Å². The predicted molar refractivity (Wildman–Crippen MR) is 141 cm³/mol. The largest absolute Gasteiger partial charge is 0.497 e. The van der Waals surface area contributed by atoms with Crippen molar-refractivity contribution in [1.29, 1.82) is 0 Å². The number of hydrogen-bond acceptors (Lipinski definition) is 5. The molecule has 0 saturated carbocycles. The maximum Gasteiger partial charge on any atom is 0.320 e. The van der Waals surface area contributed by atoms with Crippen LogP contribution in [0.4, 0.5) is 10.5 Å². The first-order chi connectivity index (χ1) is 16.2. The molecule has 0 spiro atoms. The summed E-state index contributed by atoms with van der Waals surface area (Å²) >= 11 is 0. The maximum atomic E-state index is 12.5. The molecule has 0 aliphatic carbocycles. The minimum atomic E-state index is 0. The standard InChI is InChI=1S/C26H39N5O2.ClH/c1-21-9-11-28-25-23(21)19-22(33-2)20-24(25)27-10-5-3-4-6-12-29-15-17-31(18-16-29)26(32)30-13-7-8-14-30;/h9,11,19-20,27H,3-8,10,12-18H2,1-2H3;1H. The number of hydrogen-bond donors (Lipinski definition) is 1. The number of likely N-dealkylation sites (tertiary alicyclic amines) is 1. The summed E-state index contributed by atoms with van der Waals surface area (Å²) in [6.45, 7) is 9.85. The first kappa shape index (κ1) is 26.4. The molecule has 7 nitrogen and oxygen atoms in total. The number of pyridine rings is 1. The summed E-state index contributed by atoms with van der Waals surface area (Å²) in [7, 11) is 1.71. The van der Waals surface area contributed by atoms with Gasteiger partial charge in [0.2, 0.25) is 0 Å². The fraction of sp³-hybridized carbons (Fsp3) is 0.615. The van der Waals surface area contributed by atoms with Crippen LogP contribution in [0.25, 0.3) is 10.9 Å². The first-order valence-electron chi connectivity index (χ1n) is 12.6. The van der Waals surface area contributed by atoms with Crippen molar-refractivity contribution in [3.63, 3.8) is 0 Å². The van der Waals surface area contributed by atoms with Crippen molar-refractivity contribution in [2.75, 3.05) is 64.8 Å². The number of carbonyl (C=O) groups is 1. The number of aromatic nitrogens is 1. The van der Waals surface area contributed by atoms with Crippen molar-refractivity contribution >= 4 is 35.0 Å². The Morgan fingerprint density at radius 3 is 2.44 bits per heavy atom. The van der Waals surface area contributed by atoms with Crippen LogP contribution in [0.3, 0.4) is 0 Å². The Kier molecular flexibility index (Phi) is 10.1. The van der Waals surface area contributed by atoms with Gasteiger partial charge in [-0.05, 0) is 56.8 Å². The third-order valence-corrected chi connectivity index (χ3v) is 7.01. The number of benzene rings is 1. The lowest BCUT2D eigenvalue weighted by Gasteiger charge is -2.36. The van der Waals surface area contributed by atoms with Crippen LogP contribution in [0.15, 0.2) is 24.4 Å². The Labute approximate surface area is 210 Å². The average molecular weight is 490 g/mol. The van der Waals surface area contributed by atoms with Crippen LogP contribution in [0.5, 0.6) is 5.75 Å². The van der Waals surface area contributed by atoms with Crippen molar-refractivity contribution < 1.29 is 9.53 Å². The zero-order valence-electron chi connectivity index (χ0n) is 20.7. The third-order valence-electron chi connectivity index (χ3n) is 7.01. The lowest BCUT2D eigenvalue weighted by atomic mass is 10.1. The molecule has 1 aromatic heterocycles. The zero-order valence-corrected chi connectivity index (χ0v) is 21.5. The number of nitrogens with zero attached hydrogens (tertiary/aromatic N) is 4. The van der Waals surface area contributed by atoms with Gasteiger partial charge in [-0.1, -0.05) is 12.8 Å². The van der Waals surface area contributed by atoms with E-state index in [1.807, 2.05) is 28.1 Å². The summed E-state index contributed by atoms with van der Waals surface area (Å²) in [5, 5.41) is 4.71. The van der Waals surface area contributed by atoms with Gasteiger partial charge in [0, 0.05) is 63.5 Å². The van der Waals surface area contributed by atoms with Gasteiger partial charge in [-0.25, -0.2) is 4.79 Å². The molecule has 0 radical (unpaired) electrons. The van der Waals surface area contributed by atoms with Crippen LogP contribution in [0, 0.1) is 6.92 Å². The number of anilines is 1. The van der Waals surface area contributed by atoms with Gasteiger partial charge >= 0.3 is 6.03 Å². The fourth-order valence-electron chi connectivity index (χ4n) is 4.92. The number of carbonyl (C=O) groups excluding carboxylic acids is 1. The van der Waals surface area contributed by atoms with Gasteiger partial charge in [0.1, 0.15) is 5.75 Å². The highest BCUT2D eigenvalue weighted by Crippen LogP contribution is 2.29. The Morgan fingerprint density at radius 1 is 1.00 bits per heavy atom. The van der Waals surface area contributed by atoms with E-state index in [0.717, 1.165) is 94.0 Å². The number of unbranched alkanes of at least 4 members (excludes halogenated alkanes) is 3. The smallest absolute Gasteiger partial charge is 0.320 e. The van der Waals surface area contributed by atoms with Crippen LogP contribution in [-0.2, 0) is 0 Å². The second-order valence-corrected chi connectivity index (χ2v) is 9.35. The lowest BCUT2D eigenvalue weighted by Crippen LogP contribution is -2.52. The van der Waals surface area contributed by atoms with Crippen molar-refractivity contribution in [3.05, 3.63) is 30.0 Å². The molecule has 2 aliphatic rings. The SMILES string of the molecule is COc1cc(NCCCCCCN2CCN(C(=O)N3CCCC3)CC2)c2nccc(C)c2c1.Cl. The topological polar surface area (TPSA) is 60.9 Å². The number of halogens is 1. The summed E-state index contributed by atoms with van der Waals surface area (Å²) in [5.74, 6) is 0.864. The second-order valence-electron chi connectivity index (χ2n) is 9.35. The minimum Gasteiger partial charge on any atom is -0.497 e. The molecule has 2 aliphatic heterocycles. The lowest BCUT2D eigenvalue weighted by molar-refractivity contribution is 0.117. The molecule has 8 heteroatoms. The molecule has 3 heterocycles. The molecule has 0 unspecified atom stereocenters. The number of ether oxygens (including phenoxy) is 1. The van der Waals surface area contributed by atoms with Crippen LogP contribution < -0.4 is 10.1 Å². The summed E-state index contributed by atoms with van der Waals surface area (Å²) in [6.07, 6.45) is 9.02. The van der Waals surface area contributed by atoms with E-state index in [9.17, 15) is 4.79 Å². The normalized spacial score (nSPS) is 16.5. The van der Waals surface area contributed by atoms with Gasteiger partial charge < -0.3 is 19.9 Å². The Balaban J connectivity index is 0.00000324. The molecule has 2 saturated heterocycles. The highest BCUT2D eigenvalue weighted by atomic mass is 35.5. The molecule has 1 N–H and O–H groups in total. The maximum absolute atomic E-state index is 12.5. The van der Waals surface area contributed by atoms with E-state index in [0.29, 0.717) is 0 Å². The molecule has 0 atom stereocenters. The van der Waals surface area contributed by atoms with E-state index < -0.39 is 0 Å². The van der Waals surface area contributed by atoms with Gasteiger partial charge in [0.25, 0.3) is 0 Å². The van der Waals surface area contributed by atoms with Gasteiger partial charge in [0.05, 0.1) is 18.3 Å². The van der Waals surface area contributed by atoms with E-state index in [-0.39, 0.29) is 18.4 Å². The number of urea groups is 1. The highest BCUT2D eigenvalue weighted by molar-refractivity contribution is 5.93. The minimum absolute atomic E-state index is 0. The number of nitrogens with one attached hydrogen (secondary N) is 1. The third kappa shape index (κ3) is 6.66. The number of rotatable bonds is 9. The molecule has 2 amide bonds. The van der Waals surface area contributed by atoms with E-state index in [1.54, 1.807) is 7.11 Å². The number of aryl methyl sites for hydroxylation is 1. The van der Waals surface area contributed by atoms with Crippen molar-refractivity contribution in [2.45, 2.75) is 45.4 Å². The predicted octanol–water partition coefficient (Wildman–Crippen LogP) is 4.78. The molecule has 1 aromatic carbocycles. The Hall–Kier alpha value is -2.25. The number of amides is 2. The monoisotopic (exact) mass is 489 g/mol. The van der Waals surface area contributed by atoms with E-state index in [1.165, 1.54) is 24.8 Å². The highest BCUT2D eigenvalue weighted by Gasteiger charge is 2.26. The van der Waals surface area contributed by atoms with Gasteiger partial charge in [-0.3, -0.25) is 9.88 Å². The number of piperazine rings is 1. The van der Waals surface area contributed by atoms with Crippen molar-refractivity contribution in [2.24, 2.45) is 0 Å². The van der Waals surface area contributed by atoms with Crippen molar-refractivity contribution in [1.82, 2.24) is 19.7 Å². The summed E-state index contributed by atoms with van der Waals surface area (Å²) in [6, 6.07) is 6.40. The number of methoxy groups -OCH3 is 1. The van der Waals surface area contributed by atoms with E-state index in [2.05, 4.69) is 28.2 Å². The molecule has 34 heavy (non-hydrogen) atoms. The van der Waals surface area contributed by atoms with Gasteiger partial charge in [-0.2, -0.15) is 0 Å². The van der Waals surface area contributed by atoms with E-state index >= 15 is 0 Å². The fourth-order valence-corrected chi connectivity index (χ4v) is 4.92. The first-order valence-corrected chi connectivity index (χ1v) is 12.6. The van der Waals surface area contributed by atoms with Crippen molar-refractivity contribution in [3.8, 4) is 5.75 Å². The average Bonchev–Trinajstić information content (AvgIpc) is 3.39.